The summed E-state index contributed by atoms with van der Waals surface area (Å²) in [6.07, 6.45) is 0.477. The molecule has 0 aliphatic rings. The number of likely N-dealkylation sites (N-methyl/N-ethyl adjacent to an activating group) is 1. The quantitative estimate of drug-likeness (QED) is 0.814. The summed E-state index contributed by atoms with van der Waals surface area (Å²) in [5.74, 6) is -0.306. The number of nitrogens with zero attached hydrogens (tertiary/aromatic N) is 1. The summed E-state index contributed by atoms with van der Waals surface area (Å²) in [6, 6.07) is 7.38. The summed E-state index contributed by atoms with van der Waals surface area (Å²) >= 11 is 0. The standard InChI is InChI=1S/C13H14N2O4/c1-14-11(16)8-18-13(17)7-6-12-15-9-4-2-3-5-10(9)19-12/h2-5H,6-8H2,1H3,(H,14,16). The number of carbonyl (C=O) groups excluding carboxylic acids is 2. The minimum absolute atomic E-state index is 0.129. The fourth-order valence-corrected chi connectivity index (χ4v) is 1.53. The Hall–Kier alpha value is -2.37. The lowest BCUT2D eigenvalue weighted by molar-refractivity contribution is -0.148. The van der Waals surface area contributed by atoms with Crippen LogP contribution in [0.4, 0.5) is 0 Å². The van der Waals surface area contributed by atoms with Crippen LogP contribution in [0.2, 0.25) is 0 Å². The summed E-state index contributed by atoms with van der Waals surface area (Å²) in [5, 5.41) is 2.36. The summed E-state index contributed by atoms with van der Waals surface area (Å²) in [4.78, 5) is 26.5. The highest BCUT2D eigenvalue weighted by atomic mass is 16.5. The average Bonchev–Trinajstić information content (AvgIpc) is 2.85. The van der Waals surface area contributed by atoms with Crippen LogP contribution in [0.1, 0.15) is 12.3 Å². The van der Waals surface area contributed by atoms with Gasteiger partial charge in [0.25, 0.3) is 5.91 Å². The van der Waals surface area contributed by atoms with E-state index in [0.29, 0.717) is 17.9 Å². The Morgan fingerprint density at radius 3 is 2.89 bits per heavy atom. The number of hydrogen-bond acceptors (Lipinski definition) is 5. The van der Waals surface area contributed by atoms with E-state index in [4.69, 9.17) is 9.15 Å². The zero-order chi connectivity index (χ0) is 13.7. The SMILES string of the molecule is CNC(=O)COC(=O)CCc1nc2ccccc2o1. The molecule has 0 spiro atoms. The minimum atomic E-state index is -0.453. The fraction of sp³-hybridized carbons (Fsp3) is 0.308. The first-order chi connectivity index (χ1) is 9.19. The lowest BCUT2D eigenvalue weighted by atomic mass is 10.3. The molecule has 6 heteroatoms. The number of aryl methyl sites for hydroxylation is 1. The van der Waals surface area contributed by atoms with Gasteiger partial charge >= 0.3 is 5.97 Å². The molecule has 0 unspecified atom stereocenters. The van der Waals surface area contributed by atoms with Crippen LogP contribution in [0.15, 0.2) is 28.7 Å². The van der Waals surface area contributed by atoms with Crippen LogP contribution in [0.25, 0.3) is 11.1 Å². The van der Waals surface area contributed by atoms with Crippen molar-refractivity contribution in [2.45, 2.75) is 12.8 Å². The second kappa shape index (κ2) is 5.99. The Labute approximate surface area is 109 Å². The van der Waals surface area contributed by atoms with Crippen molar-refractivity contribution in [3.05, 3.63) is 30.2 Å². The van der Waals surface area contributed by atoms with Gasteiger partial charge < -0.3 is 14.5 Å². The van der Waals surface area contributed by atoms with Crippen molar-refractivity contribution in [1.29, 1.82) is 0 Å². The molecule has 1 N–H and O–H groups in total. The van der Waals surface area contributed by atoms with Gasteiger partial charge in [0, 0.05) is 13.5 Å². The van der Waals surface area contributed by atoms with Crippen LogP contribution in [-0.4, -0.2) is 30.5 Å². The number of oxazole rings is 1. The highest BCUT2D eigenvalue weighted by Gasteiger charge is 2.10. The molecule has 0 saturated carbocycles. The Morgan fingerprint density at radius 2 is 2.16 bits per heavy atom. The predicted octanol–water partition coefficient (Wildman–Crippen LogP) is 1.05. The van der Waals surface area contributed by atoms with E-state index in [2.05, 4.69) is 10.3 Å². The van der Waals surface area contributed by atoms with Crippen LogP contribution in [0.3, 0.4) is 0 Å². The van der Waals surface area contributed by atoms with E-state index < -0.39 is 5.97 Å². The van der Waals surface area contributed by atoms with E-state index in [0.717, 1.165) is 5.52 Å². The van der Waals surface area contributed by atoms with E-state index in [1.54, 1.807) is 0 Å². The van der Waals surface area contributed by atoms with Gasteiger partial charge in [-0.1, -0.05) is 12.1 Å². The van der Waals surface area contributed by atoms with E-state index >= 15 is 0 Å². The summed E-state index contributed by atoms with van der Waals surface area (Å²) in [5.41, 5.74) is 1.45. The molecule has 0 aliphatic carbocycles. The van der Waals surface area contributed by atoms with Crippen molar-refractivity contribution in [2.24, 2.45) is 0 Å². The average molecular weight is 262 g/mol. The molecule has 19 heavy (non-hydrogen) atoms. The van der Waals surface area contributed by atoms with E-state index in [-0.39, 0.29) is 18.9 Å². The number of hydrogen-bond donors (Lipinski definition) is 1. The molecule has 2 aromatic rings. The summed E-state index contributed by atoms with van der Waals surface area (Å²) in [7, 11) is 1.48. The number of para-hydroxylation sites is 2. The Balaban J connectivity index is 1.84. The topological polar surface area (TPSA) is 81.4 Å². The molecule has 6 nitrogen and oxygen atoms in total. The fourth-order valence-electron chi connectivity index (χ4n) is 1.53. The zero-order valence-electron chi connectivity index (χ0n) is 10.5. The smallest absolute Gasteiger partial charge is 0.306 e. The maximum atomic E-state index is 11.4. The van der Waals surface area contributed by atoms with Crippen molar-refractivity contribution in [3.63, 3.8) is 0 Å². The third-order valence-corrected chi connectivity index (χ3v) is 2.52. The second-order valence-electron chi connectivity index (χ2n) is 3.91. The molecule has 0 atom stereocenters. The first-order valence-corrected chi connectivity index (χ1v) is 5.89. The normalized spacial score (nSPS) is 10.4. The molecule has 0 radical (unpaired) electrons. The van der Waals surface area contributed by atoms with Crippen molar-refractivity contribution < 1.29 is 18.7 Å². The van der Waals surface area contributed by atoms with Crippen molar-refractivity contribution in [2.75, 3.05) is 13.7 Å². The van der Waals surface area contributed by atoms with Gasteiger partial charge in [0.05, 0.1) is 6.42 Å². The van der Waals surface area contributed by atoms with Crippen LogP contribution in [-0.2, 0) is 20.7 Å². The van der Waals surface area contributed by atoms with Crippen molar-refractivity contribution >= 4 is 23.0 Å². The molecule has 100 valence electrons. The summed E-state index contributed by atoms with van der Waals surface area (Å²) < 4.78 is 10.2. The molecule has 0 fully saturated rings. The van der Waals surface area contributed by atoms with E-state index in [1.165, 1.54) is 7.05 Å². The monoisotopic (exact) mass is 262 g/mol. The number of nitrogens with one attached hydrogen (secondary N) is 1. The Bertz CT molecular complexity index is 558. The molecule has 2 rings (SSSR count). The number of benzene rings is 1. The lowest BCUT2D eigenvalue weighted by Crippen LogP contribution is -2.25. The lowest BCUT2D eigenvalue weighted by Gasteiger charge is -2.02. The van der Waals surface area contributed by atoms with Gasteiger partial charge in [0.2, 0.25) is 0 Å². The molecular formula is C13H14N2O4. The number of rotatable bonds is 5. The molecule has 0 aliphatic heterocycles. The number of aromatic nitrogens is 1. The molecule has 1 heterocycles. The van der Waals surface area contributed by atoms with E-state index in [1.807, 2.05) is 24.3 Å². The molecule has 1 aromatic heterocycles. The van der Waals surface area contributed by atoms with Crippen molar-refractivity contribution in [3.8, 4) is 0 Å². The second-order valence-corrected chi connectivity index (χ2v) is 3.91. The van der Waals surface area contributed by atoms with Crippen LogP contribution in [0, 0.1) is 0 Å². The third kappa shape index (κ3) is 3.54. The number of fused-ring (bicyclic) bond motifs is 1. The predicted molar refractivity (Wildman–Crippen MR) is 67.4 cm³/mol. The first kappa shape index (κ1) is 13.1. The highest BCUT2D eigenvalue weighted by Crippen LogP contribution is 2.15. The third-order valence-electron chi connectivity index (χ3n) is 2.52. The molecule has 1 aromatic carbocycles. The molecule has 1 amide bonds. The van der Waals surface area contributed by atoms with Gasteiger partial charge in [-0.15, -0.1) is 0 Å². The zero-order valence-corrected chi connectivity index (χ0v) is 10.5. The minimum Gasteiger partial charge on any atom is -0.456 e. The van der Waals surface area contributed by atoms with Gasteiger partial charge in [-0.05, 0) is 12.1 Å². The number of esters is 1. The van der Waals surface area contributed by atoms with Crippen molar-refractivity contribution in [1.82, 2.24) is 10.3 Å². The van der Waals surface area contributed by atoms with Crippen LogP contribution in [0.5, 0.6) is 0 Å². The van der Waals surface area contributed by atoms with E-state index in [9.17, 15) is 9.59 Å². The largest absolute Gasteiger partial charge is 0.456 e. The molecule has 0 bridgehead atoms. The summed E-state index contributed by atoms with van der Waals surface area (Å²) in [6.45, 7) is -0.261. The van der Waals surface area contributed by atoms with Gasteiger partial charge in [0.15, 0.2) is 18.1 Å². The maximum Gasteiger partial charge on any atom is 0.306 e. The number of ether oxygens (including phenoxy) is 1. The van der Waals surface area contributed by atoms with Gasteiger partial charge in [0.1, 0.15) is 5.52 Å². The van der Waals surface area contributed by atoms with Gasteiger partial charge in [-0.2, -0.15) is 0 Å². The van der Waals surface area contributed by atoms with Gasteiger partial charge in [-0.3, -0.25) is 9.59 Å². The number of amides is 1. The molecular weight excluding hydrogens is 248 g/mol. The van der Waals surface area contributed by atoms with Crippen LogP contribution < -0.4 is 5.32 Å². The maximum absolute atomic E-state index is 11.4. The highest BCUT2D eigenvalue weighted by molar-refractivity contribution is 5.80. The van der Waals surface area contributed by atoms with Crippen LogP contribution >= 0.6 is 0 Å². The Morgan fingerprint density at radius 1 is 1.37 bits per heavy atom. The first-order valence-electron chi connectivity index (χ1n) is 5.89. The number of carbonyl (C=O) groups is 2. The Kier molecular flexibility index (Phi) is 4.12. The van der Waals surface area contributed by atoms with Gasteiger partial charge in [-0.25, -0.2) is 4.98 Å². The molecule has 0 saturated heterocycles.